The molecule has 0 aromatic rings. The Morgan fingerprint density at radius 2 is 0.529 bits per heavy atom. The highest BCUT2D eigenvalue weighted by molar-refractivity contribution is 5.82. The lowest BCUT2D eigenvalue weighted by atomic mass is 9.79. The Hall–Kier alpha value is -6.17. The molecule has 2 aliphatic rings. The lowest BCUT2D eigenvalue weighted by molar-refractivity contribution is -0.215. The third kappa shape index (κ3) is 79.3. The number of cyclic esters (lactones) is 1. The lowest BCUT2D eigenvalue weighted by Crippen LogP contribution is -2.59. The summed E-state index contributed by atoms with van der Waals surface area (Å²) < 4.78 is 50.0. The van der Waals surface area contributed by atoms with Crippen LogP contribution in [-0.2, 0) is 71.5 Å². The summed E-state index contributed by atoms with van der Waals surface area (Å²) in [6.45, 7) is 14.1. The summed E-state index contributed by atoms with van der Waals surface area (Å²) >= 11 is 0. The smallest absolute Gasteiger partial charge is 0.341 e. The van der Waals surface area contributed by atoms with Gasteiger partial charge in [-0.3, -0.25) is 28.8 Å². The van der Waals surface area contributed by atoms with E-state index in [2.05, 4.69) is 156 Å². The number of hydrogen-bond donors (Lipinski definition) is 0. The summed E-state index contributed by atoms with van der Waals surface area (Å²) in [6.07, 6.45) is 111. The van der Waals surface area contributed by atoms with Crippen LogP contribution in [-0.4, -0.2) is 121 Å². The van der Waals surface area contributed by atoms with Crippen LogP contribution >= 0.6 is 0 Å². The molecule has 2 rings (SSSR count). The maximum Gasteiger partial charge on any atom is 0.341 e. The van der Waals surface area contributed by atoms with Crippen molar-refractivity contribution in [3.8, 4) is 0 Å². The number of carbonyl (C=O) groups excluding carboxylic acids is 7. The van der Waals surface area contributed by atoms with Crippen molar-refractivity contribution in [2.24, 2.45) is 0 Å². The topological polar surface area (TPSA) is 228 Å². The highest BCUT2D eigenvalue weighted by atomic mass is 16.8. The number of ether oxygens (including phenoxy) is 8. The Bertz CT molecular complexity index is 3030. The molecular formula is C121H211NO16. The van der Waals surface area contributed by atoms with Gasteiger partial charge in [-0.25, -0.2) is 4.79 Å². The normalized spacial score (nSPS) is 17.1. The molecule has 1 saturated heterocycles. The van der Waals surface area contributed by atoms with Crippen molar-refractivity contribution in [1.82, 2.24) is 4.90 Å². The predicted octanol–water partition coefficient (Wildman–Crippen LogP) is 33.8. The van der Waals surface area contributed by atoms with E-state index in [9.17, 15) is 33.6 Å². The molecule has 0 aromatic carbocycles. The van der Waals surface area contributed by atoms with Crippen LogP contribution in [0.3, 0.4) is 0 Å². The van der Waals surface area contributed by atoms with Gasteiger partial charge in [-0.15, -0.1) is 0 Å². The highest BCUT2D eigenvalue weighted by Gasteiger charge is 2.61. The van der Waals surface area contributed by atoms with E-state index in [1.807, 2.05) is 14.1 Å². The molecule has 0 aromatic heterocycles. The first-order valence-electron chi connectivity index (χ1n) is 57.7. The van der Waals surface area contributed by atoms with Crippen LogP contribution in [0, 0.1) is 0 Å². The number of carbonyl (C=O) groups is 7. The summed E-state index contributed by atoms with van der Waals surface area (Å²) in [5.41, 5.74) is -1.60. The van der Waals surface area contributed by atoms with Crippen molar-refractivity contribution in [2.45, 2.75) is 597 Å². The fourth-order valence-electron chi connectivity index (χ4n) is 18.1. The maximum absolute atomic E-state index is 14.3. The van der Waals surface area contributed by atoms with Crippen molar-refractivity contribution in [2.75, 3.05) is 20.6 Å². The van der Waals surface area contributed by atoms with Gasteiger partial charge < -0.3 is 48.3 Å². The molecular weight excluding hydrogens is 1720 g/mol. The first-order chi connectivity index (χ1) is 67.1. The molecule has 0 amide bonds. The molecule has 1 aliphatic heterocycles. The van der Waals surface area contributed by atoms with Gasteiger partial charge in [0.25, 0.3) is 0 Å². The summed E-state index contributed by atoms with van der Waals surface area (Å²) in [5, 5.41) is 0. The molecule has 4 unspecified atom stereocenters. The summed E-state index contributed by atoms with van der Waals surface area (Å²) in [6, 6.07) is 0. The number of allylic oxidation sites excluding steroid dienone is 15. The molecule has 6 atom stereocenters. The summed E-state index contributed by atoms with van der Waals surface area (Å²) in [5.74, 6) is -2.29. The van der Waals surface area contributed by atoms with Gasteiger partial charge in [-0.2, -0.15) is 0 Å². The Kier molecular flexibility index (Phi) is 91.2. The van der Waals surface area contributed by atoms with Gasteiger partial charge in [0.15, 0.2) is 11.7 Å². The minimum absolute atomic E-state index is 0. The molecule has 1 heterocycles. The second kappa shape index (κ2) is 96.9. The minimum Gasteiger partial charge on any atom is -0.462 e. The Balaban J connectivity index is 0.0000952. The van der Waals surface area contributed by atoms with Crippen molar-refractivity contribution in [1.29, 1.82) is 0 Å². The Morgan fingerprint density at radius 1 is 0.297 bits per heavy atom. The zero-order valence-corrected chi connectivity index (χ0v) is 90.1. The highest BCUT2D eigenvalue weighted by Crippen LogP contribution is 2.44. The number of hydrogen-bond acceptors (Lipinski definition) is 16. The molecule has 796 valence electrons. The van der Waals surface area contributed by atoms with Crippen LogP contribution < -0.4 is 0 Å². The van der Waals surface area contributed by atoms with E-state index in [0.717, 1.165) is 295 Å². The third-order valence-electron chi connectivity index (χ3n) is 26.6. The number of rotatable bonds is 97. The lowest BCUT2D eigenvalue weighted by Gasteiger charge is -2.42. The largest absolute Gasteiger partial charge is 0.462 e. The molecule has 138 heavy (non-hydrogen) atoms. The third-order valence-corrected chi connectivity index (χ3v) is 26.6. The molecule has 1 saturated carbocycles. The zero-order chi connectivity index (χ0) is 99.1. The minimum atomic E-state index is -1.60. The van der Waals surface area contributed by atoms with E-state index >= 15 is 0 Å². The van der Waals surface area contributed by atoms with Crippen molar-refractivity contribution in [3.05, 3.63) is 109 Å². The van der Waals surface area contributed by atoms with Crippen LogP contribution in [0.1, 0.15) is 549 Å². The molecule has 0 radical (unpaired) electrons. The predicted molar refractivity (Wildman–Crippen MR) is 576 cm³/mol. The van der Waals surface area contributed by atoms with Crippen LogP contribution in [0.2, 0.25) is 0 Å². The van der Waals surface area contributed by atoms with E-state index in [1.165, 1.54) is 135 Å². The molecule has 0 bridgehead atoms. The fraction of sp³-hybridized carbons (Fsp3) is 0.793. The van der Waals surface area contributed by atoms with E-state index in [-0.39, 0.29) is 73.8 Å². The second-order valence-corrected chi connectivity index (χ2v) is 40.2. The van der Waals surface area contributed by atoms with E-state index in [4.69, 9.17) is 37.9 Å². The number of nitrogens with zero attached hydrogens (tertiary/aromatic N) is 1. The van der Waals surface area contributed by atoms with Crippen LogP contribution in [0.15, 0.2) is 109 Å². The first-order valence-corrected chi connectivity index (χ1v) is 57.7. The number of esters is 7. The summed E-state index contributed by atoms with van der Waals surface area (Å²) in [4.78, 5) is 98.3. The first kappa shape index (κ1) is 130. The number of unbranched alkanes of at least 4 members (excludes halogenated alkanes) is 48. The van der Waals surface area contributed by atoms with Crippen LogP contribution in [0.25, 0.3) is 0 Å². The Morgan fingerprint density at radius 3 is 0.804 bits per heavy atom. The zero-order valence-electron chi connectivity index (χ0n) is 90.1. The van der Waals surface area contributed by atoms with Gasteiger partial charge in [0.1, 0.15) is 30.5 Å². The average Bonchev–Trinajstić information content (AvgIpc) is 1.58. The van der Waals surface area contributed by atoms with Gasteiger partial charge in [0.05, 0.1) is 0 Å². The van der Waals surface area contributed by atoms with E-state index < -0.39 is 54.1 Å². The SMILES string of the molecule is CCCCC/C=C\C/C=C\CCCCCCCC(=O)OC(C/C=C\CCCCCCCC(=O)OC1[C@H](OC(=O)CCCCCCC/C=C\CC(CCCCCC)OC(=O)CCCCCCC/C=C\C/C=C\CCCCC)CC2(C[C@H]1OC(=O)CCCCCCC/C=C\CC(CCCCCC)OC(=O)CCCCCCC/C=C\C/C=C\CCCCC)OC(CCCN(C)C)OC2=O)CCCCCC.O. The van der Waals surface area contributed by atoms with Gasteiger partial charge in [0.2, 0.25) is 6.29 Å². The van der Waals surface area contributed by atoms with Gasteiger partial charge in [-0.05, 0) is 239 Å². The van der Waals surface area contributed by atoms with E-state index in [1.54, 1.807) is 0 Å². The quantitative estimate of drug-likeness (QED) is 0.0239. The van der Waals surface area contributed by atoms with E-state index in [0.29, 0.717) is 51.4 Å². The standard InChI is InChI=1S/C121H209NO15.H2O/c1-9-15-21-27-30-33-36-39-42-45-48-51-63-72-84-97-112(123)130-107(91-78-24-18-12-4)94-81-69-60-54-57-66-75-87-100-115(126)133-110-105-121(120(129)136-118(137-121)103-90-104-122(7)8)106-111(134-116(127)101-88-76-67-58-55-61-70-82-95-108(92-79-25-19-13-5)131-113(124)98-85-73-64-52-49-46-43-40-37-34-31-28-22-16-10-2)119(110)135-117(128)102-89-77-68-59-56-62-71-83-96-109(93-80-26-20-14-6)132-114(125)99-86-74-65-53-50-47-44-41-38-35-32-29-23-17-11-3;/h30-35,39-44,69-71,81-83,107-111,118-119H,9-29,36-38,45-68,72-80,84-106H2,1-8H3;1H2/b33-30-,34-31-,35-32-,42-39-,43-40-,44-41-,81-69-,82-70-,83-71-;/t107?,108?,109?,110-,111-,118?,119?,121?;/m1./s1. The molecule has 2 N–H and O–H groups in total. The van der Waals surface area contributed by atoms with Gasteiger partial charge >= 0.3 is 41.8 Å². The van der Waals surface area contributed by atoms with Crippen molar-refractivity contribution >= 4 is 41.8 Å². The van der Waals surface area contributed by atoms with Crippen molar-refractivity contribution < 1.29 is 76.9 Å². The second-order valence-electron chi connectivity index (χ2n) is 40.2. The van der Waals surface area contributed by atoms with Gasteiger partial charge in [0, 0.05) is 77.0 Å². The van der Waals surface area contributed by atoms with Crippen LogP contribution in [0.5, 0.6) is 0 Å². The summed E-state index contributed by atoms with van der Waals surface area (Å²) in [7, 11) is 3.97. The molecule has 2 fully saturated rings. The Labute approximate surface area is 846 Å². The van der Waals surface area contributed by atoms with Crippen LogP contribution in [0.4, 0.5) is 0 Å². The molecule has 1 spiro atoms. The molecule has 1 aliphatic carbocycles. The molecule has 17 nitrogen and oxygen atoms in total. The maximum atomic E-state index is 14.3. The average molecular weight is 1940 g/mol. The van der Waals surface area contributed by atoms with Gasteiger partial charge in [-0.1, -0.05) is 363 Å². The monoisotopic (exact) mass is 1930 g/mol. The fourth-order valence-corrected chi connectivity index (χ4v) is 18.1. The molecule has 17 heteroatoms. The van der Waals surface area contributed by atoms with Crippen molar-refractivity contribution in [3.63, 3.8) is 0 Å².